The van der Waals surface area contributed by atoms with Crippen LogP contribution < -0.4 is 15.6 Å². The third kappa shape index (κ3) is 6.19. The largest absolute Gasteiger partial charge is 0.465 e. The minimum absolute atomic E-state index is 0.0742. The summed E-state index contributed by atoms with van der Waals surface area (Å²) < 4.78 is 18.1. The summed E-state index contributed by atoms with van der Waals surface area (Å²) >= 11 is 0. The van der Waals surface area contributed by atoms with E-state index < -0.39 is 0 Å². The van der Waals surface area contributed by atoms with Crippen molar-refractivity contribution < 1.29 is 19.0 Å². The molecule has 4 rings (SSSR count). The van der Waals surface area contributed by atoms with Crippen LogP contribution >= 0.6 is 0 Å². The number of carbonyl (C=O) groups is 1. The molecule has 3 aromatic carbocycles. The molecule has 0 atom stereocenters. The van der Waals surface area contributed by atoms with Gasteiger partial charge in [0.25, 0.3) is 5.56 Å². The van der Waals surface area contributed by atoms with Crippen molar-refractivity contribution in [3.8, 4) is 11.5 Å². The highest BCUT2D eigenvalue weighted by Crippen LogP contribution is 2.25. The van der Waals surface area contributed by atoms with Gasteiger partial charge in [-0.25, -0.2) is 4.79 Å². The van der Waals surface area contributed by atoms with Crippen LogP contribution in [0.2, 0.25) is 0 Å². The van der Waals surface area contributed by atoms with Crippen LogP contribution in [0, 0.1) is 0 Å². The van der Waals surface area contributed by atoms with Crippen molar-refractivity contribution in [1.82, 2.24) is 9.88 Å². The van der Waals surface area contributed by atoms with Crippen LogP contribution in [-0.4, -0.2) is 30.9 Å². The van der Waals surface area contributed by atoms with Crippen molar-refractivity contribution >= 4 is 16.9 Å². The molecule has 0 saturated heterocycles. The molecule has 4 aromatic rings. The first kappa shape index (κ1) is 25.2. The number of para-hydroxylation sites is 1. The Hall–Kier alpha value is -3.94. The summed E-state index contributed by atoms with van der Waals surface area (Å²) in [6.07, 6.45) is 0. The lowest BCUT2D eigenvalue weighted by atomic mass is 10.1. The Morgan fingerprint density at radius 3 is 2.53 bits per heavy atom. The Morgan fingerprint density at radius 2 is 1.75 bits per heavy atom. The molecule has 186 valence electrons. The normalized spacial score (nSPS) is 10.9. The molecule has 0 fully saturated rings. The number of methoxy groups -OCH3 is 1. The second kappa shape index (κ2) is 12.2. The van der Waals surface area contributed by atoms with Crippen molar-refractivity contribution in [3.05, 3.63) is 106 Å². The van der Waals surface area contributed by atoms with E-state index in [1.54, 1.807) is 16.7 Å². The second-order valence-electron chi connectivity index (χ2n) is 8.25. The molecule has 0 bridgehead atoms. The average Bonchev–Trinajstić information content (AvgIpc) is 2.91. The molecule has 1 N–H and O–H groups in total. The van der Waals surface area contributed by atoms with Gasteiger partial charge in [0.15, 0.2) is 0 Å². The number of esters is 1. The molecule has 1 heterocycles. The third-order valence-corrected chi connectivity index (χ3v) is 5.78. The number of hydrogen-bond donors (Lipinski definition) is 1. The number of pyridine rings is 1. The SMILES string of the molecule is CCOCCn1c(=O)c(CNCc2cccc(C(=O)OC)c2)cc2ccc(Oc3ccccc3)cc21. The molecule has 36 heavy (non-hydrogen) atoms. The number of aromatic nitrogens is 1. The van der Waals surface area contributed by atoms with E-state index >= 15 is 0 Å². The van der Waals surface area contributed by atoms with Crippen LogP contribution in [0.1, 0.15) is 28.4 Å². The average molecular weight is 487 g/mol. The molecule has 0 aliphatic heterocycles. The molecule has 1 aromatic heterocycles. The van der Waals surface area contributed by atoms with Gasteiger partial charge in [-0.3, -0.25) is 4.79 Å². The van der Waals surface area contributed by atoms with E-state index in [4.69, 9.17) is 14.2 Å². The van der Waals surface area contributed by atoms with Crippen LogP contribution in [0.4, 0.5) is 0 Å². The maximum Gasteiger partial charge on any atom is 0.337 e. The number of ether oxygens (including phenoxy) is 3. The summed E-state index contributed by atoms with van der Waals surface area (Å²) in [5.74, 6) is 1.02. The number of carbonyl (C=O) groups excluding carboxylic acids is 1. The fraction of sp³-hybridized carbons (Fsp3) is 0.241. The molecule has 7 heteroatoms. The van der Waals surface area contributed by atoms with Gasteiger partial charge in [-0.05, 0) is 60.3 Å². The zero-order valence-electron chi connectivity index (χ0n) is 20.5. The van der Waals surface area contributed by atoms with Gasteiger partial charge in [0.2, 0.25) is 0 Å². The summed E-state index contributed by atoms with van der Waals surface area (Å²) in [7, 11) is 1.36. The van der Waals surface area contributed by atoms with Crippen LogP contribution in [0.25, 0.3) is 10.9 Å². The van der Waals surface area contributed by atoms with Crippen LogP contribution in [-0.2, 0) is 29.1 Å². The van der Waals surface area contributed by atoms with Crippen LogP contribution in [0.3, 0.4) is 0 Å². The lowest BCUT2D eigenvalue weighted by Gasteiger charge is -2.15. The first-order valence-electron chi connectivity index (χ1n) is 11.9. The standard InChI is InChI=1S/C29H30N2O5/c1-3-35-15-14-31-27-18-26(36-25-10-5-4-6-11-25)13-12-22(27)17-24(28(31)32)20-30-19-21-8-7-9-23(16-21)29(33)34-2/h4-13,16-18,30H,3,14-15,19-20H2,1-2H3. The minimum atomic E-state index is -0.376. The Kier molecular flexibility index (Phi) is 8.49. The smallest absolute Gasteiger partial charge is 0.337 e. The first-order valence-corrected chi connectivity index (χ1v) is 11.9. The molecular weight excluding hydrogens is 456 g/mol. The van der Waals surface area contributed by atoms with E-state index in [0.717, 1.165) is 22.2 Å². The quantitative estimate of drug-likeness (QED) is 0.240. The van der Waals surface area contributed by atoms with Gasteiger partial charge in [-0.2, -0.15) is 0 Å². The number of hydrogen-bond acceptors (Lipinski definition) is 6. The molecule has 0 aliphatic rings. The minimum Gasteiger partial charge on any atom is -0.465 e. The van der Waals surface area contributed by atoms with Crippen molar-refractivity contribution in [2.75, 3.05) is 20.3 Å². The fourth-order valence-corrected chi connectivity index (χ4v) is 4.02. The third-order valence-electron chi connectivity index (χ3n) is 5.78. The summed E-state index contributed by atoms with van der Waals surface area (Å²) in [6, 6.07) is 24.5. The predicted octanol–water partition coefficient (Wildman–Crippen LogP) is 4.91. The van der Waals surface area contributed by atoms with Gasteiger partial charge >= 0.3 is 5.97 Å². The van der Waals surface area contributed by atoms with E-state index in [9.17, 15) is 9.59 Å². The van der Waals surface area contributed by atoms with Crippen molar-refractivity contribution in [3.63, 3.8) is 0 Å². The van der Waals surface area contributed by atoms with E-state index in [2.05, 4.69) is 5.32 Å². The number of nitrogens with zero attached hydrogens (tertiary/aromatic N) is 1. The lowest BCUT2D eigenvalue weighted by Crippen LogP contribution is -2.28. The molecule has 0 aliphatic carbocycles. The van der Waals surface area contributed by atoms with Crippen molar-refractivity contribution in [2.24, 2.45) is 0 Å². The monoisotopic (exact) mass is 486 g/mol. The van der Waals surface area contributed by atoms with Gasteiger partial charge in [0, 0.05) is 37.9 Å². The highest BCUT2D eigenvalue weighted by molar-refractivity contribution is 5.89. The fourth-order valence-electron chi connectivity index (χ4n) is 4.02. The molecule has 0 amide bonds. The van der Waals surface area contributed by atoms with E-state index in [0.29, 0.717) is 49.7 Å². The van der Waals surface area contributed by atoms with E-state index in [1.165, 1.54) is 7.11 Å². The van der Waals surface area contributed by atoms with Gasteiger partial charge in [-0.15, -0.1) is 0 Å². The Balaban J connectivity index is 1.57. The first-order chi connectivity index (χ1) is 17.6. The Morgan fingerprint density at radius 1 is 0.917 bits per heavy atom. The molecule has 0 unspecified atom stereocenters. The Labute approximate surface area is 210 Å². The van der Waals surface area contributed by atoms with E-state index in [-0.39, 0.29) is 11.5 Å². The highest BCUT2D eigenvalue weighted by atomic mass is 16.5. The van der Waals surface area contributed by atoms with Crippen molar-refractivity contribution in [1.29, 1.82) is 0 Å². The van der Waals surface area contributed by atoms with E-state index in [1.807, 2.05) is 73.7 Å². The molecule has 0 saturated carbocycles. The molecular formula is C29H30N2O5. The summed E-state index contributed by atoms with van der Waals surface area (Å²) in [6.45, 7) is 4.28. The van der Waals surface area contributed by atoms with Gasteiger partial charge in [0.1, 0.15) is 11.5 Å². The van der Waals surface area contributed by atoms with Gasteiger partial charge in [0.05, 0.1) is 24.8 Å². The van der Waals surface area contributed by atoms with Gasteiger partial charge in [-0.1, -0.05) is 30.3 Å². The summed E-state index contributed by atoms with van der Waals surface area (Å²) in [4.78, 5) is 25.2. The van der Waals surface area contributed by atoms with Gasteiger partial charge < -0.3 is 24.1 Å². The topological polar surface area (TPSA) is 78.8 Å². The number of nitrogens with one attached hydrogen (secondary N) is 1. The molecule has 0 radical (unpaired) electrons. The predicted molar refractivity (Wildman–Crippen MR) is 140 cm³/mol. The number of rotatable bonds is 11. The Bertz CT molecular complexity index is 1380. The maximum atomic E-state index is 13.4. The lowest BCUT2D eigenvalue weighted by molar-refractivity contribution is 0.0600. The second-order valence-corrected chi connectivity index (χ2v) is 8.25. The van der Waals surface area contributed by atoms with Crippen LogP contribution in [0.15, 0.2) is 83.7 Å². The molecule has 7 nitrogen and oxygen atoms in total. The van der Waals surface area contributed by atoms with Crippen LogP contribution in [0.5, 0.6) is 11.5 Å². The summed E-state index contributed by atoms with van der Waals surface area (Å²) in [5, 5.41) is 4.27. The zero-order valence-corrected chi connectivity index (χ0v) is 20.5. The highest BCUT2D eigenvalue weighted by Gasteiger charge is 2.12. The molecule has 0 spiro atoms. The number of fused-ring (bicyclic) bond motifs is 1. The zero-order chi connectivity index (χ0) is 25.3. The summed E-state index contributed by atoms with van der Waals surface area (Å²) in [5.41, 5.74) is 2.80. The number of benzene rings is 3. The van der Waals surface area contributed by atoms with Crippen molar-refractivity contribution in [2.45, 2.75) is 26.6 Å². The maximum absolute atomic E-state index is 13.4.